The lowest BCUT2D eigenvalue weighted by atomic mass is 10.0. The standard InChI is InChI=1S/C38H33ClN6O5S/c1-25-3-10-33(11-4-25)51(46,47)45-22-34(36-37(43-24-44-38(36)45)42-19-27-15-31(20-40-18-27)49-14-13-39)28-7-12-35-29(16-28)17-32(21-41-35)50-23-26-5-8-30(48-2)9-6-26/h3-12,15-18,20-22,24H,13-14,19,23H2,1-2H3,(H,42,43,44). The van der Waals surface area contributed by atoms with Gasteiger partial charge < -0.3 is 19.5 Å². The van der Waals surface area contributed by atoms with Crippen molar-refractivity contribution in [3.8, 4) is 28.4 Å². The maximum Gasteiger partial charge on any atom is 0.269 e. The third-order valence-electron chi connectivity index (χ3n) is 8.24. The molecule has 4 aromatic heterocycles. The van der Waals surface area contributed by atoms with Crippen LogP contribution in [0.2, 0.25) is 0 Å². The number of benzene rings is 3. The molecule has 0 atom stereocenters. The number of fused-ring (bicyclic) bond motifs is 2. The maximum atomic E-state index is 14.1. The van der Waals surface area contributed by atoms with Crippen LogP contribution in [-0.2, 0) is 23.2 Å². The predicted molar refractivity (Wildman–Crippen MR) is 197 cm³/mol. The van der Waals surface area contributed by atoms with Gasteiger partial charge in [0.25, 0.3) is 10.0 Å². The second-order valence-corrected chi connectivity index (χ2v) is 13.9. The molecule has 3 aromatic carbocycles. The monoisotopic (exact) mass is 720 g/mol. The number of methoxy groups -OCH3 is 1. The highest BCUT2D eigenvalue weighted by Crippen LogP contribution is 2.37. The molecular formula is C38H33ClN6O5S. The summed E-state index contributed by atoms with van der Waals surface area (Å²) in [5.41, 5.74) is 5.12. The molecule has 0 aliphatic heterocycles. The highest BCUT2D eigenvalue weighted by atomic mass is 35.5. The van der Waals surface area contributed by atoms with Gasteiger partial charge in [0.15, 0.2) is 5.65 Å². The smallest absolute Gasteiger partial charge is 0.269 e. The Kier molecular flexibility index (Phi) is 9.69. The Hall–Kier alpha value is -5.72. The van der Waals surface area contributed by atoms with E-state index >= 15 is 0 Å². The minimum atomic E-state index is -4.03. The molecule has 11 nitrogen and oxygen atoms in total. The topological polar surface area (TPSA) is 130 Å². The number of halogens is 1. The van der Waals surface area contributed by atoms with E-state index in [1.54, 1.807) is 56.2 Å². The van der Waals surface area contributed by atoms with Crippen molar-refractivity contribution in [2.75, 3.05) is 24.9 Å². The van der Waals surface area contributed by atoms with E-state index in [1.165, 1.54) is 10.3 Å². The summed E-state index contributed by atoms with van der Waals surface area (Å²) >= 11 is 5.79. The first kappa shape index (κ1) is 33.8. The lowest BCUT2D eigenvalue weighted by Crippen LogP contribution is -2.13. The second kappa shape index (κ2) is 14.6. The number of nitrogens with zero attached hydrogens (tertiary/aromatic N) is 5. The largest absolute Gasteiger partial charge is 0.497 e. The number of nitrogens with one attached hydrogen (secondary N) is 1. The first-order valence-corrected chi connectivity index (χ1v) is 18.0. The number of aryl methyl sites for hydroxylation is 1. The summed E-state index contributed by atoms with van der Waals surface area (Å²) in [6.07, 6.45) is 7.98. The molecule has 0 aliphatic rings. The zero-order valence-electron chi connectivity index (χ0n) is 27.8. The SMILES string of the molecule is COc1ccc(COc2cnc3ccc(-c4cn(S(=O)(=O)c5ccc(C)cc5)c5ncnc(NCc6cncc(OCCCl)c6)c45)cc3c2)cc1. The average molecular weight is 721 g/mol. The van der Waals surface area contributed by atoms with Crippen molar-refractivity contribution >= 4 is 49.4 Å². The van der Waals surface area contributed by atoms with Gasteiger partial charge in [-0.25, -0.2) is 22.4 Å². The molecule has 0 aliphatic carbocycles. The summed E-state index contributed by atoms with van der Waals surface area (Å²) in [6, 6.07) is 23.9. The van der Waals surface area contributed by atoms with Gasteiger partial charge >= 0.3 is 0 Å². The number of pyridine rings is 2. The Morgan fingerprint density at radius 3 is 2.41 bits per heavy atom. The third kappa shape index (κ3) is 7.28. The molecule has 13 heteroatoms. The molecule has 51 heavy (non-hydrogen) atoms. The summed E-state index contributed by atoms with van der Waals surface area (Å²) in [4.78, 5) is 18.1. The van der Waals surface area contributed by atoms with Crippen LogP contribution in [0.1, 0.15) is 16.7 Å². The molecular weight excluding hydrogens is 688 g/mol. The van der Waals surface area contributed by atoms with Crippen molar-refractivity contribution in [2.24, 2.45) is 0 Å². The molecule has 7 aromatic rings. The third-order valence-corrected chi connectivity index (χ3v) is 10.1. The van der Waals surface area contributed by atoms with Crippen LogP contribution in [0.4, 0.5) is 5.82 Å². The number of hydrogen-bond donors (Lipinski definition) is 1. The minimum absolute atomic E-state index is 0.144. The van der Waals surface area contributed by atoms with E-state index in [2.05, 4.69) is 25.3 Å². The van der Waals surface area contributed by atoms with Gasteiger partial charge in [0.1, 0.15) is 42.6 Å². The van der Waals surface area contributed by atoms with Crippen molar-refractivity contribution in [3.05, 3.63) is 127 Å². The molecule has 258 valence electrons. The number of anilines is 1. The number of rotatable bonds is 13. The van der Waals surface area contributed by atoms with Crippen molar-refractivity contribution in [2.45, 2.75) is 25.0 Å². The van der Waals surface area contributed by atoms with Crippen LogP contribution in [-0.4, -0.2) is 51.9 Å². The van der Waals surface area contributed by atoms with Crippen molar-refractivity contribution in [1.29, 1.82) is 0 Å². The first-order chi connectivity index (χ1) is 24.8. The van der Waals surface area contributed by atoms with E-state index in [0.717, 1.165) is 38.9 Å². The number of hydrogen-bond acceptors (Lipinski definition) is 10. The molecule has 0 radical (unpaired) electrons. The van der Waals surface area contributed by atoms with Crippen LogP contribution in [0.25, 0.3) is 33.1 Å². The Morgan fingerprint density at radius 1 is 0.824 bits per heavy atom. The first-order valence-electron chi connectivity index (χ1n) is 16.0. The summed E-state index contributed by atoms with van der Waals surface area (Å²) in [6.45, 7) is 2.95. The molecule has 1 N–H and O–H groups in total. The molecule has 0 fully saturated rings. The van der Waals surface area contributed by atoms with E-state index in [9.17, 15) is 8.42 Å². The van der Waals surface area contributed by atoms with Gasteiger partial charge in [-0.3, -0.25) is 9.97 Å². The zero-order valence-corrected chi connectivity index (χ0v) is 29.4. The molecule has 4 heterocycles. The lowest BCUT2D eigenvalue weighted by molar-refractivity contribution is 0.305. The fourth-order valence-electron chi connectivity index (χ4n) is 5.62. The fraction of sp³-hybridized carbons (Fsp3) is 0.158. The number of ether oxygens (including phenoxy) is 3. The molecule has 0 saturated heterocycles. The second-order valence-electron chi connectivity index (χ2n) is 11.7. The van der Waals surface area contributed by atoms with Gasteiger partial charge in [0.05, 0.1) is 41.2 Å². The lowest BCUT2D eigenvalue weighted by Gasteiger charge is -2.11. The van der Waals surface area contributed by atoms with Gasteiger partial charge in [-0.15, -0.1) is 11.6 Å². The van der Waals surface area contributed by atoms with Gasteiger partial charge in [0, 0.05) is 29.9 Å². The molecule has 0 bridgehead atoms. The van der Waals surface area contributed by atoms with Gasteiger partial charge in [-0.05, 0) is 72.1 Å². The highest BCUT2D eigenvalue weighted by Gasteiger charge is 2.25. The molecule has 0 saturated carbocycles. The Bertz CT molecular complexity index is 2440. The van der Waals surface area contributed by atoms with Crippen LogP contribution < -0.4 is 19.5 Å². The average Bonchev–Trinajstić information content (AvgIpc) is 3.57. The van der Waals surface area contributed by atoms with E-state index < -0.39 is 10.0 Å². The normalized spacial score (nSPS) is 11.5. The van der Waals surface area contributed by atoms with E-state index in [1.807, 2.05) is 61.5 Å². The number of alkyl halides is 1. The summed E-state index contributed by atoms with van der Waals surface area (Å²) in [5.74, 6) is 2.77. The quantitative estimate of drug-likeness (QED) is 0.120. The van der Waals surface area contributed by atoms with Crippen LogP contribution in [0.3, 0.4) is 0 Å². The zero-order chi connectivity index (χ0) is 35.4. The summed E-state index contributed by atoms with van der Waals surface area (Å²) < 4.78 is 46.4. The van der Waals surface area contributed by atoms with Crippen LogP contribution in [0.15, 0.2) is 115 Å². The fourth-order valence-corrected chi connectivity index (χ4v) is 7.02. The predicted octanol–water partition coefficient (Wildman–Crippen LogP) is 7.40. The van der Waals surface area contributed by atoms with Gasteiger partial charge in [-0.1, -0.05) is 35.9 Å². The van der Waals surface area contributed by atoms with E-state index in [0.29, 0.717) is 53.9 Å². The Morgan fingerprint density at radius 2 is 1.63 bits per heavy atom. The molecule has 0 spiro atoms. The highest BCUT2D eigenvalue weighted by molar-refractivity contribution is 7.90. The summed E-state index contributed by atoms with van der Waals surface area (Å²) in [5, 5.41) is 4.72. The molecule has 0 amide bonds. The maximum absolute atomic E-state index is 14.1. The Balaban J connectivity index is 1.28. The van der Waals surface area contributed by atoms with Crippen LogP contribution in [0, 0.1) is 6.92 Å². The van der Waals surface area contributed by atoms with Crippen LogP contribution >= 0.6 is 11.6 Å². The number of aromatic nitrogens is 5. The van der Waals surface area contributed by atoms with Gasteiger partial charge in [-0.2, -0.15) is 0 Å². The molecule has 7 rings (SSSR count). The van der Waals surface area contributed by atoms with Crippen molar-refractivity contribution in [1.82, 2.24) is 23.9 Å². The van der Waals surface area contributed by atoms with E-state index in [4.69, 9.17) is 25.8 Å². The van der Waals surface area contributed by atoms with Crippen molar-refractivity contribution < 1.29 is 22.6 Å². The van der Waals surface area contributed by atoms with Gasteiger partial charge in [0.2, 0.25) is 0 Å². The summed E-state index contributed by atoms with van der Waals surface area (Å²) in [7, 11) is -2.41. The van der Waals surface area contributed by atoms with E-state index in [-0.39, 0.29) is 10.5 Å². The molecule has 0 unspecified atom stereocenters. The Labute approximate surface area is 299 Å². The van der Waals surface area contributed by atoms with Crippen molar-refractivity contribution in [3.63, 3.8) is 0 Å². The minimum Gasteiger partial charge on any atom is -0.497 e. The van der Waals surface area contributed by atoms with Crippen LogP contribution in [0.5, 0.6) is 17.2 Å².